The molecular formula is C10H14N4O2S2. The second-order valence-electron chi connectivity index (χ2n) is 3.91. The van der Waals surface area contributed by atoms with Crippen molar-refractivity contribution >= 4 is 21.4 Å². The highest BCUT2D eigenvalue weighted by Crippen LogP contribution is 2.09. The van der Waals surface area contributed by atoms with Gasteiger partial charge in [-0.1, -0.05) is 0 Å². The lowest BCUT2D eigenvalue weighted by Crippen LogP contribution is -2.26. The summed E-state index contributed by atoms with van der Waals surface area (Å²) in [5.74, 6) is 0. The maximum absolute atomic E-state index is 11.8. The van der Waals surface area contributed by atoms with Crippen molar-refractivity contribution in [1.29, 1.82) is 0 Å². The number of nitrogens with one attached hydrogen (secondary N) is 1. The average Bonchev–Trinajstić information content (AvgIpc) is 2.88. The molecule has 0 aliphatic carbocycles. The number of hydrogen-bond acceptors (Lipinski definition) is 5. The van der Waals surface area contributed by atoms with Crippen LogP contribution in [0.4, 0.5) is 0 Å². The number of rotatable bonds is 5. The van der Waals surface area contributed by atoms with Crippen LogP contribution in [0, 0.1) is 6.92 Å². The van der Waals surface area contributed by atoms with E-state index < -0.39 is 10.0 Å². The van der Waals surface area contributed by atoms with E-state index in [1.165, 1.54) is 23.9 Å². The fourth-order valence-corrected chi connectivity index (χ4v) is 3.20. The lowest BCUT2D eigenvalue weighted by molar-refractivity contribution is 0.578. The number of sulfonamides is 1. The molecule has 0 bridgehead atoms. The molecule has 98 valence electrons. The first-order valence-electron chi connectivity index (χ1n) is 5.36. The zero-order chi connectivity index (χ0) is 13.2. The molecule has 2 aromatic heterocycles. The number of hydrogen-bond donors (Lipinski definition) is 1. The molecule has 0 atom stereocenters. The van der Waals surface area contributed by atoms with E-state index >= 15 is 0 Å². The van der Waals surface area contributed by atoms with Crippen LogP contribution in [-0.4, -0.2) is 29.5 Å². The largest absolute Gasteiger partial charge is 0.339 e. The van der Waals surface area contributed by atoms with Crippen molar-refractivity contribution in [2.45, 2.75) is 18.4 Å². The number of aromatic nitrogens is 3. The minimum atomic E-state index is -3.51. The third-order valence-corrected chi connectivity index (χ3v) is 4.63. The summed E-state index contributed by atoms with van der Waals surface area (Å²) in [5, 5.41) is 2.92. The molecule has 2 heterocycles. The maximum Gasteiger partial charge on any atom is 0.259 e. The Labute approximate surface area is 110 Å². The van der Waals surface area contributed by atoms with E-state index in [9.17, 15) is 8.42 Å². The summed E-state index contributed by atoms with van der Waals surface area (Å²) < 4.78 is 27.8. The van der Waals surface area contributed by atoms with Gasteiger partial charge in [-0.15, -0.1) is 11.3 Å². The van der Waals surface area contributed by atoms with Crippen LogP contribution in [0.1, 0.15) is 10.7 Å². The van der Waals surface area contributed by atoms with Gasteiger partial charge in [0, 0.05) is 37.3 Å². The summed E-state index contributed by atoms with van der Waals surface area (Å²) in [6.45, 7) is 2.24. The molecule has 0 fully saturated rings. The van der Waals surface area contributed by atoms with E-state index in [-0.39, 0.29) is 5.03 Å². The Morgan fingerprint density at radius 1 is 1.50 bits per heavy atom. The van der Waals surface area contributed by atoms with Gasteiger partial charge in [-0.3, -0.25) is 0 Å². The van der Waals surface area contributed by atoms with Gasteiger partial charge in [-0.2, -0.15) is 0 Å². The molecule has 1 N–H and O–H groups in total. The Kier molecular flexibility index (Phi) is 3.79. The van der Waals surface area contributed by atoms with Gasteiger partial charge in [0.05, 0.1) is 11.3 Å². The number of nitrogens with zero attached hydrogens (tertiary/aromatic N) is 3. The van der Waals surface area contributed by atoms with Crippen molar-refractivity contribution in [2.75, 3.05) is 6.54 Å². The Morgan fingerprint density at radius 3 is 2.83 bits per heavy atom. The van der Waals surface area contributed by atoms with Crippen molar-refractivity contribution in [3.05, 3.63) is 28.6 Å². The summed E-state index contributed by atoms with van der Waals surface area (Å²) in [7, 11) is -1.78. The smallest absolute Gasteiger partial charge is 0.259 e. The van der Waals surface area contributed by atoms with Crippen molar-refractivity contribution in [3.8, 4) is 0 Å². The molecule has 18 heavy (non-hydrogen) atoms. The summed E-state index contributed by atoms with van der Waals surface area (Å²) in [6, 6.07) is 0. The van der Waals surface area contributed by atoms with Crippen LogP contribution in [0.5, 0.6) is 0 Å². The Morgan fingerprint density at radius 2 is 2.28 bits per heavy atom. The van der Waals surface area contributed by atoms with Gasteiger partial charge in [0.15, 0.2) is 5.03 Å². The van der Waals surface area contributed by atoms with Crippen molar-refractivity contribution in [1.82, 2.24) is 19.3 Å². The average molecular weight is 286 g/mol. The maximum atomic E-state index is 11.8. The highest BCUT2D eigenvalue weighted by Gasteiger charge is 2.16. The van der Waals surface area contributed by atoms with Gasteiger partial charge in [0.2, 0.25) is 0 Å². The molecule has 0 amide bonds. The normalized spacial score (nSPS) is 11.9. The highest BCUT2D eigenvalue weighted by atomic mass is 32.2. The summed E-state index contributed by atoms with van der Waals surface area (Å²) in [5.41, 5.74) is 0.961. The molecule has 8 heteroatoms. The van der Waals surface area contributed by atoms with E-state index in [0.717, 1.165) is 10.7 Å². The zero-order valence-electron chi connectivity index (χ0n) is 10.1. The number of imidazole rings is 1. The first-order chi connectivity index (χ1) is 8.47. The molecule has 0 aliphatic heterocycles. The van der Waals surface area contributed by atoms with Gasteiger partial charge in [-0.05, 0) is 6.92 Å². The molecule has 0 aromatic carbocycles. The fourth-order valence-electron chi connectivity index (χ4n) is 1.41. The zero-order valence-corrected chi connectivity index (χ0v) is 11.8. The van der Waals surface area contributed by atoms with Crippen LogP contribution >= 0.6 is 11.3 Å². The molecular weight excluding hydrogens is 272 g/mol. The van der Waals surface area contributed by atoms with Crippen LogP contribution in [-0.2, 0) is 23.5 Å². The molecule has 0 saturated heterocycles. The quantitative estimate of drug-likeness (QED) is 0.878. The summed E-state index contributed by atoms with van der Waals surface area (Å²) in [6.07, 6.45) is 3.51. The van der Waals surface area contributed by atoms with Crippen molar-refractivity contribution < 1.29 is 8.42 Å². The molecule has 2 aromatic rings. The van der Waals surface area contributed by atoms with E-state index in [0.29, 0.717) is 13.0 Å². The van der Waals surface area contributed by atoms with E-state index in [2.05, 4.69) is 14.7 Å². The topological polar surface area (TPSA) is 76.9 Å². The molecule has 0 saturated carbocycles. The van der Waals surface area contributed by atoms with Crippen LogP contribution in [0.25, 0.3) is 0 Å². The molecule has 0 unspecified atom stereocenters. The highest BCUT2D eigenvalue weighted by molar-refractivity contribution is 7.89. The predicted molar refractivity (Wildman–Crippen MR) is 69.0 cm³/mol. The molecule has 6 nitrogen and oxygen atoms in total. The third-order valence-electron chi connectivity index (χ3n) is 2.25. The fraction of sp³-hybridized carbons (Fsp3) is 0.400. The second-order valence-corrected chi connectivity index (χ2v) is 6.56. The summed E-state index contributed by atoms with van der Waals surface area (Å²) >= 11 is 1.53. The standard InChI is InChI=1S/C10H14N4O2S2/c1-8-6-17-9(13-8)3-4-12-18(15,16)10-5-14(2)7-11-10/h5-7,12H,3-4H2,1-2H3. The second kappa shape index (κ2) is 5.17. The van der Waals surface area contributed by atoms with Crippen LogP contribution < -0.4 is 4.72 Å². The Hall–Kier alpha value is -1.25. The third kappa shape index (κ3) is 3.15. The minimum Gasteiger partial charge on any atom is -0.339 e. The van der Waals surface area contributed by atoms with Gasteiger partial charge in [0.25, 0.3) is 10.0 Å². The van der Waals surface area contributed by atoms with Gasteiger partial charge in [0.1, 0.15) is 0 Å². The lowest BCUT2D eigenvalue weighted by atomic mass is 10.4. The predicted octanol–water partition coefficient (Wildman–Crippen LogP) is 0.706. The van der Waals surface area contributed by atoms with Crippen LogP contribution in [0.3, 0.4) is 0 Å². The first kappa shape index (κ1) is 13.2. The Bertz CT molecular complexity index is 630. The molecule has 0 spiro atoms. The molecule has 2 rings (SSSR count). The van der Waals surface area contributed by atoms with E-state index in [1.54, 1.807) is 11.6 Å². The number of aryl methyl sites for hydroxylation is 2. The van der Waals surface area contributed by atoms with Crippen LogP contribution in [0.2, 0.25) is 0 Å². The van der Waals surface area contributed by atoms with Gasteiger partial charge in [-0.25, -0.2) is 23.1 Å². The Balaban J connectivity index is 1.93. The van der Waals surface area contributed by atoms with Gasteiger partial charge < -0.3 is 4.57 Å². The van der Waals surface area contributed by atoms with Crippen molar-refractivity contribution in [2.24, 2.45) is 7.05 Å². The SMILES string of the molecule is Cc1csc(CCNS(=O)(=O)c2cn(C)cn2)n1. The lowest BCUT2D eigenvalue weighted by Gasteiger charge is -2.02. The van der Waals surface area contributed by atoms with E-state index in [4.69, 9.17) is 0 Å². The molecule has 0 aliphatic rings. The van der Waals surface area contributed by atoms with Crippen LogP contribution in [0.15, 0.2) is 22.9 Å². The minimum absolute atomic E-state index is 0.0420. The van der Waals surface area contributed by atoms with Crippen molar-refractivity contribution in [3.63, 3.8) is 0 Å². The van der Waals surface area contributed by atoms with Gasteiger partial charge >= 0.3 is 0 Å². The monoisotopic (exact) mass is 286 g/mol. The molecule has 0 radical (unpaired) electrons. The number of thiazole rings is 1. The van der Waals surface area contributed by atoms with E-state index in [1.807, 2.05) is 12.3 Å². The summed E-state index contributed by atoms with van der Waals surface area (Å²) in [4.78, 5) is 8.09. The first-order valence-corrected chi connectivity index (χ1v) is 7.72.